The summed E-state index contributed by atoms with van der Waals surface area (Å²) in [5.74, 6) is -4.21. The fourth-order valence-corrected chi connectivity index (χ4v) is 4.64. The van der Waals surface area contributed by atoms with Crippen molar-refractivity contribution in [1.82, 2.24) is 14.7 Å². The molecule has 33 heavy (non-hydrogen) atoms. The molecule has 4 rings (SSSR count). The highest BCUT2D eigenvalue weighted by atomic mass is 19.3. The van der Waals surface area contributed by atoms with Gasteiger partial charge >= 0.3 is 6.03 Å². The van der Waals surface area contributed by atoms with Gasteiger partial charge in [0.05, 0.1) is 23.4 Å². The molecule has 7 nitrogen and oxygen atoms in total. The van der Waals surface area contributed by atoms with Gasteiger partial charge in [-0.3, -0.25) is 4.68 Å². The molecule has 2 amide bonds. The third-order valence-electron chi connectivity index (χ3n) is 6.63. The zero-order chi connectivity index (χ0) is 24.1. The van der Waals surface area contributed by atoms with Gasteiger partial charge in [0.15, 0.2) is 0 Å². The summed E-state index contributed by atoms with van der Waals surface area (Å²) in [4.78, 5) is 14.4. The maximum atomic E-state index is 15.2. The number of alkyl halides is 2. The molecular weight excluding hydrogens is 435 g/mol. The summed E-state index contributed by atoms with van der Waals surface area (Å²) in [7, 11) is 0. The Kier molecular flexibility index (Phi) is 5.65. The number of hydrogen-bond donors (Lipinski definition) is 2. The minimum absolute atomic E-state index is 0.0489. The molecule has 176 valence electrons. The number of rotatable bonds is 2. The van der Waals surface area contributed by atoms with Crippen LogP contribution in [-0.2, 0) is 25.4 Å². The monoisotopic (exact) mass is 461 g/mol. The molecule has 0 radical (unpaired) electrons. The van der Waals surface area contributed by atoms with E-state index in [1.54, 1.807) is 26.8 Å². The fourth-order valence-electron chi connectivity index (χ4n) is 4.64. The quantitative estimate of drug-likeness (QED) is 0.703. The lowest BCUT2D eigenvalue weighted by molar-refractivity contribution is -0.0336. The molecule has 2 atom stereocenters. The van der Waals surface area contributed by atoms with Crippen LogP contribution >= 0.6 is 0 Å². The number of halogens is 3. The van der Waals surface area contributed by atoms with E-state index in [1.807, 2.05) is 0 Å². The van der Waals surface area contributed by atoms with Gasteiger partial charge in [-0.15, -0.1) is 0 Å². The number of benzene rings is 1. The number of nitrogens with zero attached hydrogens (tertiary/aromatic N) is 4. The Labute approximate surface area is 189 Å². The number of anilines is 1. The minimum atomic E-state index is -3.14. The molecule has 2 aliphatic heterocycles. The van der Waals surface area contributed by atoms with Crippen LogP contribution in [0.1, 0.15) is 56.1 Å². The molecule has 2 aromatic rings. The van der Waals surface area contributed by atoms with Crippen molar-refractivity contribution in [2.24, 2.45) is 5.92 Å². The third kappa shape index (κ3) is 4.29. The number of aliphatic hydroxyl groups is 1. The molecule has 1 aromatic carbocycles. The van der Waals surface area contributed by atoms with Crippen molar-refractivity contribution in [2.75, 3.05) is 5.32 Å². The molecule has 0 fully saturated rings. The van der Waals surface area contributed by atoms with Crippen molar-refractivity contribution >= 4 is 11.7 Å². The second-order valence-electron chi connectivity index (χ2n) is 9.47. The summed E-state index contributed by atoms with van der Waals surface area (Å²) in [6.07, 6.45) is 0.0496. The number of nitrogens with one attached hydrogen (secondary N) is 1. The molecule has 3 heterocycles. The summed E-state index contributed by atoms with van der Waals surface area (Å²) in [6, 6.07) is 4.52. The lowest BCUT2D eigenvalue weighted by Gasteiger charge is -2.33. The van der Waals surface area contributed by atoms with Gasteiger partial charge in [0.1, 0.15) is 17.6 Å². The molecule has 1 aromatic heterocycles. The summed E-state index contributed by atoms with van der Waals surface area (Å²) in [5, 5.41) is 26.5. The average Bonchev–Trinajstić information content (AvgIpc) is 3.01. The molecule has 0 unspecified atom stereocenters. The van der Waals surface area contributed by atoms with Crippen LogP contribution in [0.3, 0.4) is 0 Å². The van der Waals surface area contributed by atoms with E-state index in [9.17, 15) is 14.3 Å². The Balaban J connectivity index is 1.63. The Hall–Kier alpha value is -3.06. The topological polar surface area (TPSA) is 94.2 Å². The molecule has 10 heteroatoms. The number of amides is 2. The second-order valence-corrected chi connectivity index (χ2v) is 9.47. The first-order valence-corrected chi connectivity index (χ1v) is 10.9. The van der Waals surface area contributed by atoms with E-state index < -0.39 is 29.8 Å². The van der Waals surface area contributed by atoms with E-state index in [4.69, 9.17) is 5.26 Å². The lowest BCUT2D eigenvalue weighted by atomic mass is 9.86. The smallest absolute Gasteiger partial charge is 0.322 e. The predicted molar refractivity (Wildman–Crippen MR) is 114 cm³/mol. The van der Waals surface area contributed by atoms with Crippen molar-refractivity contribution in [3.63, 3.8) is 0 Å². The molecule has 0 spiro atoms. The average molecular weight is 461 g/mol. The third-order valence-corrected chi connectivity index (χ3v) is 6.63. The highest BCUT2D eigenvalue weighted by Gasteiger charge is 2.46. The number of carbonyl (C=O) groups is 1. The van der Waals surface area contributed by atoms with E-state index in [-0.39, 0.29) is 48.4 Å². The number of urea groups is 1. The SMILES string of the molecule is C[C@@H]1Cc2nn3c(c2CN1C(=O)Nc1ccc(F)c(C#N)c1)C(F)(F)CC[C@H](C(C)(C)O)C3. The fraction of sp³-hybridized carbons (Fsp3) is 0.522. The van der Waals surface area contributed by atoms with Crippen molar-refractivity contribution in [1.29, 1.82) is 5.26 Å². The number of nitriles is 1. The molecule has 2 aliphatic rings. The highest BCUT2D eigenvalue weighted by Crippen LogP contribution is 2.44. The number of fused-ring (bicyclic) bond motifs is 3. The summed E-state index contributed by atoms with van der Waals surface area (Å²) in [5.41, 5.74) is -0.413. The zero-order valence-corrected chi connectivity index (χ0v) is 18.7. The van der Waals surface area contributed by atoms with Crippen LogP contribution in [0.2, 0.25) is 0 Å². The van der Waals surface area contributed by atoms with Gasteiger partial charge in [0, 0.05) is 42.6 Å². The second kappa shape index (κ2) is 8.06. The molecule has 0 aliphatic carbocycles. The van der Waals surface area contributed by atoms with Gasteiger partial charge in [-0.1, -0.05) is 0 Å². The van der Waals surface area contributed by atoms with Gasteiger partial charge in [-0.25, -0.2) is 9.18 Å². The van der Waals surface area contributed by atoms with Crippen LogP contribution < -0.4 is 5.32 Å². The normalized spacial score (nSPS) is 22.1. The summed E-state index contributed by atoms with van der Waals surface area (Å²) >= 11 is 0. The molecule has 2 N–H and O–H groups in total. The van der Waals surface area contributed by atoms with Gasteiger partial charge < -0.3 is 15.3 Å². The standard InChI is InChI=1S/C23H26F3N5O2/c1-13-8-19-17(12-30(13)21(32)28-16-4-5-18(24)14(9-16)10-27)20-23(25,26)7-6-15(22(2,3)33)11-31(20)29-19/h4-5,9,13,15,33H,6-8,11-12H2,1-3H3,(H,28,32)/t13-,15+/m1/s1. The van der Waals surface area contributed by atoms with E-state index >= 15 is 8.78 Å². The number of aromatic nitrogens is 2. The number of carbonyl (C=O) groups excluding carboxylic acids is 1. The maximum absolute atomic E-state index is 15.2. The van der Waals surface area contributed by atoms with Crippen LogP contribution in [0, 0.1) is 23.1 Å². The van der Waals surface area contributed by atoms with Crippen molar-refractivity contribution in [3.05, 3.63) is 46.5 Å². The number of hydrogen-bond acceptors (Lipinski definition) is 4. The largest absolute Gasteiger partial charge is 0.390 e. The highest BCUT2D eigenvalue weighted by molar-refractivity contribution is 5.90. The van der Waals surface area contributed by atoms with Gasteiger partial charge in [-0.2, -0.15) is 19.1 Å². The summed E-state index contributed by atoms with van der Waals surface area (Å²) in [6.45, 7) is 5.16. The first kappa shape index (κ1) is 23.1. The van der Waals surface area contributed by atoms with Crippen LogP contribution in [0.4, 0.5) is 23.7 Å². The molecular formula is C23H26F3N5O2. The minimum Gasteiger partial charge on any atom is -0.390 e. The Morgan fingerprint density at radius 2 is 2.12 bits per heavy atom. The van der Waals surface area contributed by atoms with E-state index in [0.717, 1.165) is 6.07 Å². The lowest BCUT2D eigenvalue weighted by Crippen LogP contribution is -2.45. The van der Waals surface area contributed by atoms with Crippen LogP contribution in [0.5, 0.6) is 0 Å². The van der Waals surface area contributed by atoms with Crippen molar-refractivity contribution in [2.45, 2.75) is 70.7 Å². The van der Waals surface area contributed by atoms with Gasteiger partial charge in [0.25, 0.3) is 5.92 Å². The van der Waals surface area contributed by atoms with Crippen molar-refractivity contribution in [3.8, 4) is 6.07 Å². The molecule has 0 saturated carbocycles. The van der Waals surface area contributed by atoms with Crippen LogP contribution in [0.25, 0.3) is 0 Å². The Morgan fingerprint density at radius 1 is 1.39 bits per heavy atom. The summed E-state index contributed by atoms with van der Waals surface area (Å²) < 4.78 is 45.3. The van der Waals surface area contributed by atoms with Crippen LogP contribution in [0.15, 0.2) is 18.2 Å². The van der Waals surface area contributed by atoms with E-state index in [2.05, 4.69) is 10.4 Å². The van der Waals surface area contributed by atoms with E-state index in [1.165, 1.54) is 21.7 Å². The Bertz CT molecular complexity index is 1130. The van der Waals surface area contributed by atoms with Gasteiger partial charge in [-0.05, 0) is 45.4 Å². The van der Waals surface area contributed by atoms with Crippen molar-refractivity contribution < 1.29 is 23.1 Å². The Morgan fingerprint density at radius 3 is 2.79 bits per heavy atom. The zero-order valence-electron chi connectivity index (χ0n) is 18.7. The van der Waals surface area contributed by atoms with Crippen LogP contribution in [-0.4, -0.2) is 37.5 Å². The maximum Gasteiger partial charge on any atom is 0.322 e. The van der Waals surface area contributed by atoms with Gasteiger partial charge in [0.2, 0.25) is 0 Å². The van der Waals surface area contributed by atoms with E-state index in [0.29, 0.717) is 17.7 Å². The predicted octanol–water partition coefficient (Wildman–Crippen LogP) is 4.15. The molecule has 0 saturated heterocycles. The molecule has 0 bridgehead atoms. The first-order chi connectivity index (χ1) is 15.4. The first-order valence-electron chi connectivity index (χ1n) is 10.9.